The first-order valence-electron chi connectivity index (χ1n) is 8.75. The maximum Gasteiger partial charge on any atom is 0.266 e. The van der Waals surface area contributed by atoms with Crippen LogP contribution in [0.2, 0.25) is 10.0 Å². The molecule has 1 aromatic heterocycles. The number of halogens is 2. The minimum Gasteiger partial charge on any atom is -0.268 e. The van der Waals surface area contributed by atoms with E-state index < -0.39 is 0 Å². The molecule has 0 saturated heterocycles. The minimum atomic E-state index is -0.115. The van der Waals surface area contributed by atoms with Crippen LogP contribution in [0.1, 0.15) is 17.0 Å². The van der Waals surface area contributed by atoms with E-state index in [1.54, 1.807) is 28.8 Å². The van der Waals surface area contributed by atoms with Crippen LogP contribution in [-0.2, 0) is 0 Å². The number of aryl methyl sites for hydroxylation is 1. The van der Waals surface area contributed by atoms with Gasteiger partial charge < -0.3 is 0 Å². The van der Waals surface area contributed by atoms with Gasteiger partial charge in [0.15, 0.2) is 0 Å². The van der Waals surface area contributed by atoms with Crippen molar-refractivity contribution in [1.82, 2.24) is 9.55 Å². The van der Waals surface area contributed by atoms with Crippen molar-refractivity contribution in [3.8, 4) is 5.69 Å². The smallest absolute Gasteiger partial charge is 0.266 e. The van der Waals surface area contributed by atoms with Crippen molar-refractivity contribution in [2.24, 2.45) is 0 Å². The second-order valence-electron chi connectivity index (χ2n) is 6.46. The van der Waals surface area contributed by atoms with Crippen molar-refractivity contribution in [2.45, 2.75) is 6.92 Å². The summed E-state index contributed by atoms with van der Waals surface area (Å²) in [7, 11) is 0. The Labute approximate surface area is 172 Å². The van der Waals surface area contributed by atoms with Gasteiger partial charge >= 0.3 is 0 Å². The fraction of sp³-hybridized carbons (Fsp3) is 0.0435. The summed E-state index contributed by atoms with van der Waals surface area (Å²) < 4.78 is 1.61. The summed E-state index contributed by atoms with van der Waals surface area (Å²) in [6, 6.07) is 20.4. The molecule has 0 fully saturated rings. The van der Waals surface area contributed by atoms with Crippen molar-refractivity contribution in [2.75, 3.05) is 0 Å². The molecule has 0 N–H and O–H groups in total. The molecule has 138 valence electrons. The quantitative estimate of drug-likeness (QED) is 0.407. The molecular formula is C23H16Cl2N2O. The van der Waals surface area contributed by atoms with Crippen molar-refractivity contribution < 1.29 is 0 Å². The van der Waals surface area contributed by atoms with Crippen LogP contribution in [0.4, 0.5) is 0 Å². The number of hydrogen-bond donors (Lipinski definition) is 0. The van der Waals surface area contributed by atoms with Gasteiger partial charge in [0.05, 0.1) is 16.6 Å². The third kappa shape index (κ3) is 3.59. The zero-order chi connectivity index (χ0) is 19.7. The summed E-state index contributed by atoms with van der Waals surface area (Å²) in [5, 5.41) is 1.68. The lowest BCUT2D eigenvalue weighted by Crippen LogP contribution is -2.22. The summed E-state index contributed by atoms with van der Waals surface area (Å²) in [6.45, 7) is 2.01. The minimum absolute atomic E-state index is 0.115. The van der Waals surface area contributed by atoms with E-state index in [1.807, 2.05) is 61.5 Å². The normalized spacial score (nSPS) is 11.4. The van der Waals surface area contributed by atoms with Gasteiger partial charge in [-0.05, 0) is 61.0 Å². The molecule has 0 saturated carbocycles. The Balaban J connectivity index is 1.93. The van der Waals surface area contributed by atoms with Crippen LogP contribution in [0.5, 0.6) is 0 Å². The van der Waals surface area contributed by atoms with Gasteiger partial charge in [0.1, 0.15) is 5.82 Å². The lowest BCUT2D eigenvalue weighted by atomic mass is 10.2. The fourth-order valence-corrected chi connectivity index (χ4v) is 3.48. The van der Waals surface area contributed by atoms with E-state index in [9.17, 15) is 4.79 Å². The standard InChI is InChI=1S/C23H16Cl2N2O/c1-15-6-11-18(12-7-15)27-22(13-9-16-8-10-17(24)14-20(16)25)26-21-5-3-2-4-19(21)23(27)28/h2-14H,1H3/b13-9+. The van der Waals surface area contributed by atoms with Crippen LogP contribution in [-0.4, -0.2) is 9.55 Å². The first-order valence-corrected chi connectivity index (χ1v) is 9.50. The molecule has 3 nitrogen and oxygen atoms in total. The van der Waals surface area contributed by atoms with E-state index in [0.717, 1.165) is 16.8 Å². The van der Waals surface area contributed by atoms with Gasteiger partial charge in [-0.25, -0.2) is 4.98 Å². The summed E-state index contributed by atoms with van der Waals surface area (Å²) >= 11 is 12.2. The monoisotopic (exact) mass is 406 g/mol. The molecule has 0 amide bonds. The molecule has 0 bridgehead atoms. The van der Waals surface area contributed by atoms with Crippen LogP contribution in [0.25, 0.3) is 28.7 Å². The predicted octanol–water partition coefficient (Wildman–Crippen LogP) is 6.17. The van der Waals surface area contributed by atoms with E-state index in [1.165, 1.54) is 0 Å². The van der Waals surface area contributed by atoms with Crippen LogP contribution in [0, 0.1) is 6.92 Å². The highest BCUT2D eigenvalue weighted by Gasteiger charge is 2.11. The van der Waals surface area contributed by atoms with E-state index >= 15 is 0 Å². The molecule has 0 radical (unpaired) electrons. The zero-order valence-corrected chi connectivity index (χ0v) is 16.6. The number of aromatic nitrogens is 2. The van der Waals surface area contributed by atoms with Crippen molar-refractivity contribution in [3.05, 3.63) is 104 Å². The second kappa shape index (κ2) is 7.63. The van der Waals surface area contributed by atoms with E-state index in [4.69, 9.17) is 28.2 Å². The van der Waals surface area contributed by atoms with Gasteiger partial charge in [-0.1, -0.05) is 59.1 Å². The molecule has 0 atom stereocenters. The Morgan fingerprint density at radius 2 is 1.68 bits per heavy atom. The highest BCUT2D eigenvalue weighted by atomic mass is 35.5. The van der Waals surface area contributed by atoms with Crippen LogP contribution in [0.15, 0.2) is 71.5 Å². The summed E-state index contributed by atoms with van der Waals surface area (Å²) in [6.07, 6.45) is 3.63. The van der Waals surface area contributed by atoms with Gasteiger partial charge in [0.2, 0.25) is 0 Å². The van der Waals surface area contributed by atoms with Crippen molar-refractivity contribution >= 4 is 46.3 Å². The molecule has 0 aliphatic carbocycles. The Kier molecular flexibility index (Phi) is 5.03. The highest BCUT2D eigenvalue weighted by Crippen LogP contribution is 2.23. The molecule has 4 aromatic rings. The van der Waals surface area contributed by atoms with Crippen molar-refractivity contribution in [3.63, 3.8) is 0 Å². The SMILES string of the molecule is Cc1ccc(-n2c(/C=C/c3ccc(Cl)cc3Cl)nc3ccccc3c2=O)cc1. The molecule has 0 spiro atoms. The van der Waals surface area contributed by atoms with Crippen LogP contribution < -0.4 is 5.56 Å². The van der Waals surface area contributed by atoms with E-state index in [-0.39, 0.29) is 5.56 Å². The Morgan fingerprint density at radius 1 is 0.929 bits per heavy atom. The van der Waals surface area contributed by atoms with Gasteiger partial charge in [0.25, 0.3) is 5.56 Å². The number of para-hydroxylation sites is 1. The van der Waals surface area contributed by atoms with E-state index in [0.29, 0.717) is 26.8 Å². The topological polar surface area (TPSA) is 34.9 Å². The average Bonchev–Trinajstić information content (AvgIpc) is 2.68. The first kappa shape index (κ1) is 18.5. The third-order valence-electron chi connectivity index (χ3n) is 4.47. The molecule has 0 unspecified atom stereocenters. The third-order valence-corrected chi connectivity index (χ3v) is 5.03. The molecule has 4 rings (SSSR count). The predicted molar refractivity (Wildman–Crippen MR) is 117 cm³/mol. The number of benzene rings is 3. The zero-order valence-electron chi connectivity index (χ0n) is 15.1. The van der Waals surface area contributed by atoms with Crippen LogP contribution in [0.3, 0.4) is 0 Å². The Hall–Kier alpha value is -2.88. The maximum absolute atomic E-state index is 13.2. The lowest BCUT2D eigenvalue weighted by Gasteiger charge is -2.12. The second-order valence-corrected chi connectivity index (χ2v) is 7.31. The molecule has 5 heteroatoms. The number of hydrogen-bond acceptors (Lipinski definition) is 2. The number of nitrogens with zero attached hydrogens (tertiary/aromatic N) is 2. The van der Waals surface area contributed by atoms with Crippen molar-refractivity contribution in [1.29, 1.82) is 0 Å². The molecule has 0 aliphatic heterocycles. The molecule has 3 aromatic carbocycles. The first-order chi connectivity index (χ1) is 13.5. The maximum atomic E-state index is 13.2. The lowest BCUT2D eigenvalue weighted by molar-refractivity contribution is 0.943. The van der Waals surface area contributed by atoms with Crippen LogP contribution >= 0.6 is 23.2 Å². The molecular weight excluding hydrogens is 391 g/mol. The van der Waals surface area contributed by atoms with Gasteiger partial charge in [-0.15, -0.1) is 0 Å². The van der Waals surface area contributed by atoms with E-state index in [2.05, 4.69) is 0 Å². The van der Waals surface area contributed by atoms with Gasteiger partial charge in [0, 0.05) is 10.0 Å². The average molecular weight is 407 g/mol. The summed E-state index contributed by atoms with van der Waals surface area (Å²) in [4.78, 5) is 17.9. The van der Waals surface area contributed by atoms with Gasteiger partial charge in [-0.2, -0.15) is 0 Å². The number of rotatable bonds is 3. The Bertz CT molecular complexity index is 1260. The molecule has 28 heavy (non-hydrogen) atoms. The summed E-state index contributed by atoms with van der Waals surface area (Å²) in [5.41, 5.74) is 3.21. The molecule has 0 aliphatic rings. The largest absolute Gasteiger partial charge is 0.268 e. The number of fused-ring (bicyclic) bond motifs is 1. The fourth-order valence-electron chi connectivity index (χ4n) is 3.01. The Morgan fingerprint density at radius 3 is 2.43 bits per heavy atom. The molecule has 1 heterocycles. The summed E-state index contributed by atoms with van der Waals surface area (Å²) in [5.74, 6) is 0.526. The van der Waals surface area contributed by atoms with Gasteiger partial charge in [-0.3, -0.25) is 9.36 Å². The highest BCUT2D eigenvalue weighted by molar-refractivity contribution is 6.35.